The fourth-order valence-electron chi connectivity index (χ4n) is 1.93. The van der Waals surface area contributed by atoms with Crippen LogP contribution in [0, 0.1) is 10.1 Å². The summed E-state index contributed by atoms with van der Waals surface area (Å²) in [5.74, 6) is -0.482. The molecule has 0 fully saturated rings. The minimum Gasteiger partial charge on any atom is -0.345 e. The van der Waals surface area contributed by atoms with Gasteiger partial charge in [0.2, 0.25) is 0 Å². The van der Waals surface area contributed by atoms with E-state index in [0.29, 0.717) is 5.02 Å². The third-order valence-electron chi connectivity index (χ3n) is 3.06. The molecule has 2 rings (SSSR count). The third kappa shape index (κ3) is 3.58. The van der Waals surface area contributed by atoms with E-state index in [0.717, 1.165) is 5.56 Å². The number of nitrogens with one attached hydrogen (secondary N) is 1. The second-order valence-corrected chi connectivity index (χ2v) is 4.96. The fourth-order valence-corrected chi connectivity index (χ4v) is 2.06. The van der Waals surface area contributed by atoms with E-state index >= 15 is 0 Å². The van der Waals surface area contributed by atoms with Crippen LogP contribution in [0.5, 0.6) is 0 Å². The second kappa shape index (κ2) is 6.37. The van der Waals surface area contributed by atoms with Crippen LogP contribution in [0.4, 0.5) is 5.69 Å². The van der Waals surface area contributed by atoms with Crippen molar-refractivity contribution < 1.29 is 9.72 Å². The molecule has 6 heteroatoms. The van der Waals surface area contributed by atoms with Crippen molar-refractivity contribution in [1.29, 1.82) is 0 Å². The zero-order valence-electron chi connectivity index (χ0n) is 11.2. The van der Waals surface area contributed by atoms with Crippen molar-refractivity contribution in [2.45, 2.75) is 13.0 Å². The molecule has 0 radical (unpaired) electrons. The van der Waals surface area contributed by atoms with Crippen molar-refractivity contribution in [2.24, 2.45) is 0 Å². The van der Waals surface area contributed by atoms with Crippen LogP contribution >= 0.6 is 11.6 Å². The van der Waals surface area contributed by atoms with E-state index in [-0.39, 0.29) is 17.3 Å². The number of amides is 1. The average Bonchev–Trinajstić information content (AvgIpc) is 2.47. The predicted molar refractivity (Wildman–Crippen MR) is 80.4 cm³/mol. The lowest BCUT2D eigenvalue weighted by Crippen LogP contribution is -2.27. The molecule has 0 aliphatic carbocycles. The summed E-state index contributed by atoms with van der Waals surface area (Å²) >= 11 is 5.81. The maximum atomic E-state index is 12.2. The summed E-state index contributed by atoms with van der Waals surface area (Å²) in [6.07, 6.45) is 0. The molecule has 0 saturated carbocycles. The Morgan fingerprint density at radius 2 is 1.81 bits per heavy atom. The molecule has 1 unspecified atom stereocenters. The first-order valence-corrected chi connectivity index (χ1v) is 6.66. The number of nitrogens with zero attached hydrogens (tertiary/aromatic N) is 1. The molecule has 2 aromatic rings. The number of nitro benzene ring substituents is 1. The molecule has 21 heavy (non-hydrogen) atoms. The van der Waals surface area contributed by atoms with Gasteiger partial charge < -0.3 is 5.32 Å². The van der Waals surface area contributed by atoms with E-state index in [1.807, 2.05) is 0 Å². The van der Waals surface area contributed by atoms with Gasteiger partial charge in [-0.05, 0) is 30.7 Å². The summed E-state index contributed by atoms with van der Waals surface area (Å²) in [6.45, 7) is 1.80. The third-order valence-corrected chi connectivity index (χ3v) is 3.31. The first-order valence-electron chi connectivity index (χ1n) is 6.29. The topological polar surface area (TPSA) is 72.2 Å². The van der Waals surface area contributed by atoms with Crippen molar-refractivity contribution in [3.8, 4) is 0 Å². The molecule has 0 aliphatic rings. The maximum Gasteiger partial charge on any atom is 0.282 e. The molecule has 1 N–H and O–H groups in total. The van der Waals surface area contributed by atoms with Gasteiger partial charge in [-0.2, -0.15) is 0 Å². The molecule has 1 amide bonds. The first kappa shape index (κ1) is 15.0. The van der Waals surface area contributed by atoms with Gasteiger partial charge in [-0.25, -0.2) is 0 Å². The minimum atomic E-state index is -0.568. The van der Waals surface area contributed by atoms with Gasteiger partial charge in [-0.1, -0.05) is 35.9 Å². The minimum absolute atomic E-state index is 0.0447. The first-order chi connectivity index (χ1) is 9.99. The zero-order valence-corrected chi connectivity index (χ0v) is 12.0. The van der Waals surface area contributed by atoms with Gasteiger partial charge in [0, 0.05) is 11.1 Å². The fraction of sp³-hybridized carbons (Fsp3) is 0.133. The molecular weight excluding hydrogens is 292 g/mol. The van der Waals surface area contributed by atoms with Gasteiger partial charge in [0.25, 0.3) is 11.6 Å². The van der Waals surface area contributed by atoms with Gasteiger partial charge in [-0.3, -0.25) is 14.9 Å². The number of nitro groups is 1. The number of hydrogen-bond acceptors (Lipinski definition) is 3. The number of benzene rings is 2. The molecule has 2 aromatic carbocycles. The second-order valence-electron chi connectivity index (χ2n) is 4.52. The van der Waals surface area contributed by atoms with Crippen LogP contribution in [0.2, 0.25) is 5.02 Å². The molecule has 0 aliphatic heterocycles. The molecular formula is C15H13ClN2O3. The van der Waals surface area contributed by atoms with Crippen LogP contribution in [0.25, 0.3) is 0 Å². The van der Waals surface area contributed by atoms with Gasteiger partial charge in [0.05, 0.1) is 11.0 Å². The smallest absolute Gasteiger partial charge is 0.282 e. The average molecular weight is 305 g/mol. The molecule has 0 aromatic heterocycles. The van der Waals surface area contributed by atoms with Gasteiger partial charge in [0.15, 0.2) is 0 Å². The van der Waals surface area contributed by atoms with Gasteiger partial charge >= 0.3 is 0 Å². The quantitative estimate of drug-likeness (QED) is 0.691. The number of carbonyl (C=O) groups excluding carboxylic acids is 1. The molecule has 5 nitrogen and oxygen atoms in total. The number of carbonyl (C=O) groups is 1. The van der Waals surface area contributed by atoms with E-state index in [4.69, 9.17) is 11.6 Å². The zero-order chi connectivity index (χ0) is 15.4. The Labute approximate surface area is 126 Å². The Morgan fingerprint density at radius 1 is 1.19 bits per heavy atom. The SMILES string of the molecule is CC(NC(=O)c1ccccc1[N+](=O)[O-])c1ccc(Cl)cc1. The highest BCUT2D eigenvalue weighted by molar-refractivity contribution is 6.30. The van der Waals surface area contributed by atoms with Crippen LogP contribution in [0.1, 0.15) is 28.9 Å². The van der Waals surface area contributed by atoms with Crippen molar-refractivity contribution in [3.63, 3.8) is 0 Å². The van der Waals surface area contributed by atoms with E-state index in [2.05, 4.69) is 5.32 Å². The Morgan fingerprint density at radius 3 is 2.43 bits per heavy atom. The summed E-state index contributed by atoms with van der Waals surface area (Å²) in [4.78, 5) is 22.5. The number of halogens is 1. The molecule has 1 atom stereocenters. The van der Waals surface area contributed by atoms with Crippen molar-refractivity contribution in [3.05, 3.63) is 74.8 Å². The van der Waals surface area contributed by atoms with Crippen LogP contribution in [-0.4, -0.2) is 10.8 Å². The van der Waals surface area contributed by atoms with Crippen LogP contribution < -0.4 is 5.32 Å². The number of hydrogen-bond donors (Lipinski definition) is 1. The van der Waals surface area contributed by atoms with Crippen molar-refractivity contribution in [2.75, 3.05) is 0 Å². The standard InChI is InChI=1S/C15H13ClN2O3/c1-10(11-6-8-12(16)9-7-11)17-15(19)13-4-2-3-5-14(13)18(20)21/h2-10H,1H3,(H,17,19). The predicted octanol–water partition coefficient (Wildman–Crippen LogP) is 3.74. The van der Waals surface area contributed by atoms with Crippen molar-refractivity contribution >= 4 is 23.2 Å². The highest BCUT2D eigenvalue weighted by Gasteiger charge is 2.20. The van der Waals surface area contributed by atoms with Crippen LogP contribution in [-0.2, 0) is 0 Å². The largest absolute Gasteiger partial charge is 0.345 e. The highest BCUT2D eigenvalue weighted by atomic mass is 35.5. The van der Waals surface area contributed by atoms with E-state index in [1.54, 1.807) is 37.3 Å². The Bertz CT molecular complexity index is 671. The van der Waals surface area contributed by atoms with Gasteiger partial charge in [0.1, 0.15) is 5.56 Å². The van der Waals surface area contributed by atoms with Crippen LogP contribution in [0.15, 0.2) is 48.5 Å². The Balaban J connectivity index is 2.18. The van der Waals surface area contributed by atoms with E-state index in [1.165, 1.54) is 18.2 Å². The summed E-state index contributed by atoms with van der Waals surface area (Å²) in [6, 6.07) is 12.6. The van der Waals surface area contributed by atoms with Crippen LogP contribution in [0.3, 0.4) is 0 Å². The molecule has 108 valence electrons. The van der Waals surface area contributed by atoms with Crippen molar-refractivity contribution in [1.82, 2.24) is 5.32 Å². The summed E-state index contributed by atoms with van der Waals surface area (Å²) in [5.41, 5.74) is 0.702. The summed E-state index contributed by atoms with van der Waals surface area (Å²) in [5, 5.41) is 14.3. The van der Waals surface area contributed by atoms with Gasteiger partial charge in [-0.15, -0.1) is 0 Å². The molecule has 0 heterocycles. The lowest BCUT2D eigenvalue weighted by atomic mass is 10.1. The number of para-hydroxylation sites is 1. The lowest BCUT2D eigenvalue weighted by molar-refractivity contribution is -0.385. The monoisotopic (exact) mass is 304 g/mol. The Kier molecular flexibility index (Phi) is 4.55. The summed E-state index contributed by atoms with van der Waals surface area (Å²) in [7, 11) is 0. The Hall–Kier alpha value is -2.40. The normalized spacial score (nSPS) is 11.7. The van der Waals surface area contributed by atoms with E-state index < -0.39 is 10.8 Å². The maximum absolute atomic E-state index is 12.2. The van der Waals surface area contributed by atoms with E-state index in [9.17, 15) is 14.9 Å². The molecule has 0 bridgehead atoms. The molecule has 0 saturated heterocycles. The number of rotatable bonds is 4. The summed E-state index contributed by atoms with van der Waals surface area (Å²) < 4.78 is 0. The lowest BCUT2D eigenvalue weighted by Gasteiger charge is -2.14. The highest BCUT2D eigenvalue weighted by Crippen LogP contribution is 2.20. The molecule has 0 spiro atoms.